The standard InChI is InChI=1S/C18H22N2O3S/c1-20(24(2,22)23)17-13-7-6-12-16(17)18(21)19-14-8-11-15-9-4-3-5-10-15/h3-7,9-10,12-13H,8,11,14H2,1-2H3,(H,19,21). The summed E-state index contributed by atoms with van der Waals surface area (Å²) < 4.78 is 24.6. The SMILES string of the molecule is CN(c1ccccc1C(=O)NCCCc1ccccc1)S(C)(=O)=O. The first-order valence-corrected chi connectivity index (χ1v) is 9.59. The molecule has 0 bridgehead atoms. The van der Waals surface area contributed by atoms with E-state index in [-0.39, 0.29) is 5.91 Å². The minimum absolute atomic E-state index is 0.269. The van der Waals surface area contributed by atoms with Crippen molar-refractivity contribution in [3.8, 4) is 0 Å². The molecule has 0 atom stereocenters. The van der Waals surface area contributed by atoms with Gasteiger partial charge in [0, 0.05) is 13.6 Å². The van der Waals surface area contributed by atoms with E-state index in [1.165, 1.54) is 12.6 Å². The maximum absolute atomic E-state index is 12.4. The Morgan fingerprint density at radius 3 is 2.33 bits per heavy atom. The van der Waals surface area contributed by atoms with Crippen molar-refractivity contribution in [1.82, 2.24) is 5.32 Å². The van der Waals surface area contributed by atoms with Gasteiger partial charge < -0.3 is 5.32 Å². The van der Waals surface area contributed by atoms with E-state index in [2.05, 4.69) is 17.4 Å². The number of benzene rings is 2. The molecule has 5 nitrogen and oxygen atoms in total. The van der Waals surface area contributed by atoms with Crippen LogP contribution in [0.5, 0.6) is 0 Å². The molecule has 0 saturated heterocycles. The van der Waals surface area contributed by atoms with E-state index in [1.54, 1.807) is 24.3 Å². The van der Waals surface area contributed by atoms with Crippen LogP contribution < -0.4 is 9.62 Å². The van der Waals surface area contributed by atoms with E-state index < -0.39 is 10.0 Å². The summed E-state index contributed by atoms with van der Waals surface area (Å²) in [5.74, 6) is -0.269. The molecule has 2 aromatic rings. The van der Waals surface area contributed by atoms with Crippen molar-refractivity contribution >= 4 is 21.6 Å². The Morgan fingerprint density at radius 2 is 1.67 bits per heavy atom. The molecule has 2 rings (SSSR count). The van der Waals surface area contributed by atoms with Gasteiger partial charge in [-0.3, -0.25) is 9.10 Å². The Kier molecular flexibility index (Phi) is 5.98. The number of para-hydroxylation sites is 1. The third-order valence-electron chi connectivity index (χ3n) is 3.76. The minimum Gasteiger partial charge on any atom is -0.352 e. The second-order valence-electron chi connectivity index (χ2n) is 5.59. The van der Waals surface area contributed by atoms with Crippen LogP contribution in [-0.2, 0) is 16.4 Å². The minimum atomic E-state index is -3.42. The summed E-state index contributed by atoms with van der Waals surface area (Å²) in [6.45, 7) is 0.532. The summed E-state index contributed by atoms with van der Waals surface area (Å²) in [6, 6.07) is 16.7. The average molecular weight is 346 g/mol. The van der Waals surface area contributed by atoms with E-state index in [9.17, 15) is 13.2 Å². The maximum Gasteiger partial charge on any atom is 0.253 e. The molecule has 0 unspecified atom stereocenters. The van der Waals surface area contributed by atoms with Gasteiger partial charge in [-0.25, -0.2) is 8.42 Å². The largest absolute Gasteiger partial charge is 0.352 e. The average Bonchev–Trinajstić information content (AvgIpc) is 2.58. The second kappa shape index (κ2) is 7.97. The van der Waals surface area contributed by atoms with Crippen LogP contribution in [0.2, 0.25) is 0 Å². The molecular formula is C18H22N2O3S. The van der Waals surface area contributed by atoms with Crippen molar-refractivity contribution in [3.63, 3.8) is 0 Å². The zero-order valence-electron chi connectivity index (χ0n) is 13.9. The maximum atomic E-state index is 12.4. The van der Waals surface area contributed by atoms with Crippen molar-refractivity contribution < 1.29 is 13.2 Å². The quantitative estimate of drug-likeness (QED) is 0.783. The summed E-state index contributed by atoms with van der Waals surface area (Å²) >= 11 is 0. The number of hydrogen-bond acceptors (Lipinski definition) is 3. The third kappa shape index (κ3) is 4.83. The van der Waals surface area contributed by atoms with Gasteiger partial charge in [0.15, 0.2) is 0 Å². The normalized spacial score (nSPS) is 11.1. The smallest absolute Gasteiger partial charge is 0.253 e. The molecule has 1 amide bonds. The lowest BCUT2D eigenvalue weighted by atomic mass is 10.1. The summed E-state index contributed by atoms with van der Waals surface area (Å²) in [5.41, 5.74) is 1.95. The molecule has 2 aromatic carbocycles. The van der Waals surface area contributed by atoms with Gasteiger partial charge in [0.1, 0.15) is 0 Å². The highest BCUT2D eigenvalue weighted by atomic mass is 32.2. The van der Waals surface area contributed by atoms with Gasteiger partial charge in [-0.1, -0.05) is 42.5 Å². The lowest BCUT2D eigenvalue weighted by Gasteiger charge is -2.19. The van der Waals surface area contributed by atoms with Crippen LogP contribution in [0.25, 0.3) is 0 Å². The van der Waals surface area contributed by atoms with Crippen molar-refractivity contribution in [2.45, 2.75) is 12.8 Å². The van der Waals surface area contributed by atoms with Crippen LogP contribution in [-0.4, -0.2) is 34.2 Å². The van der Waals surface area contributed by atoms with Gasteiger partial charge in [0.2, 0.25) is 10.0 Å². The number of rotatable bonds is 7. The van der Waals surface area contributed by atoms with E-state index in [4.69, 9.17) is 0 Å². The van der Waals surface area contributed by atoms with Gasteiger partial charge >= 0.3 is 0 Å². The summed E-state index contributed by atoms with van der Waals surface area (Å²) in [7, 11) is -1.98. The topological polar surface area (TPSA) is 66.5 Å². The second-order valence-corrected chi connectivity index (χ2v) is 7.61. The molecule has 6 heteroatoms. The number of sulfonamides is 1. The Balaban J connectivity index is 1.98. The van der Waals surface area contributed by atoms with Gasteiger partial charge in [0.05, 0.1) is 17.5 Å². The first-order chi connectivity index (χ1) is 11.4. The fourth-order valence-corrected chi connectivity index (χ4v) is 2.87. The number of amides is 1. The predicted octanol–water partition coefficient (Wildman–Crippen LogP) is 2.45. The van der Waals surface area contributed by atoms with E-state index in [0.29, 0.717) is 17.8 Å². The van der Waals surface area contributed by atoms with Crippen LogP contribution in [0.15, 0.2) is 54.6 Å². The number of carbonyl (C=O) groups excluding carboxylic acids is 1. The first-order valence-electron chi connectivity index (χ1n) is 7.74. The molecule has 1 N–H and O–H groups in total. The number of carbonyl (C=O) groups is 1. The number of anilines is 1. The third-order valence-corrected chi connectivity index (χ3v) is 4.95. The zero-order chi connectivity index (χ0) is 17.6. The summed E-state index contributed by atoms with van der Waals surface area (Å²) in [5, 5.41) is 2.86. The van der Waals surface area contributed by atoms with Gasteiger partial charge in [0.25, 0.3) is 5.91 Å². The lowest BCUT2D eigenvalue weighted by Crippen LogP contribution is -2.30. The Morgan fingerprint density at radius 1 is 1.04 bits per heavy atom. The lowest BCUT2D eigenvalue weighted by molar-refractivity contribution is 0.0954. The monoisotopic (exact) mass is 346 g/mol. The first kappa shape index (κ1) is 18.0. The molecule has 0 heterocycles. The van der Waals surface area contributed by atoms with Crippen molar-refractivity contribution in [3.05, 3.63) is 65.7 Å². The van der Waals surface area contributed by atoms with Crippen molar-refractivity contribution in [1.29, 1.82) is 0 Å². The summed E-state index contributed by atoms with van der Waals surface area (Å²) in [6.07, 6.45) is 2.81. The van der Waals surface area contributed by atoms with E-state index in [1.807, 2.05) is 18.2 Å². The molecule has 0 fully saturated rings. The van der Waals surface area contributed by atoms with E-state index >= 15 is 0 Å². The van der Waals surface area contributed by atoms with Crippen molar-refractivity contribution in [2.75, 3.05) is 24.2 Å². The molecule has 0 spiro atoms. The number of aryl methyl sites for hydroxylation is 1. The zero-order valence-corrected chi connectivity index (χ0v) is 14.7. The van der Waals surface area contributed by atoms with Gasteiger partial charge in [-0.15, -0.1) is 0 Å². The predicted molar refractivity (Wildman–Crippen MR) is 96.8 cm³/mol. The Hall–Kier alpha value is -2.34. The fraction of sp³-hybridized carbons (Fsp3) is 0.278. The molecule has 0 radical (unpaired) electrons. The highest BCUT2D eigenvalue weighted by Gasteiger charge is 2.18. The van der Waals surface area contributed by atoms with Crippen LogP contribution in [0.1, 0.15) is 22.3 Å². The van der Waals surface area contributed by atoms with Crippen LogP contribution in [0.3, 0.4) is 0 Å². The molecule has 24 heavy (non-hydrogen) atoms. The van der Waals surface area contributed by atoms with Crippen LogP contribution >= 0.6 is 0 Å². The fourth-order valence-electron chi connectivity index (χ4n) is 2.35. The number of nitrogens with one attached hydrogen (secondary N) is 1. The Bertz CT molecular complexity index is 789. The highest BCUT2D eigenvalue weighted by Crippen LogP contribution is 2.21. The van der Waals surface area contributed by atoms with Crippen LogP contribution in [0, 0.1) is 0 Å². The molecule has 0 aliphatic heterocycles. The molecule has 0 aliphatic rings. The molecule has 0 aliphatic carbocycles. The van der Waals surface area contributed by atoms with E-state index in [0.717, 1.165) is 23.4 Å². The van der Waals surface area contributed by atoms with Gasteiger partial charge in [-0.2, -0.15) is 0 Å². The molecule has 128 valence electrons. The molecule has 0 aromatic heterocycles. The van der Waals surface area contributed by atoms with Crippen LogP contribution in [0.4, 0.5) is 5.69 Å². The molecule has 0 saturated carbocycles. The number of nitrogens with zero attached hydrogens (tertiary/aromatic N) is 1. The van der Waals surface area contributed by atoms with Crippen molar-refractivity contribution in [2.24, 2.45) is 0 Å². The Labute approximate surface area is 143 Å². The summed E-state index contributed by atoms with van der Waals surface area (Å²) in [4.78, 5) is 12.4. The number of hydrogen-bond donors (Lipinski definition) is 1. The molecular weight excluding hydrogens is 324 g/mol. The van der Waals surface area contributed by atoms with Gasteiger partial charge in [-0.05, 0) is 30.5 Å². The highest BCUT2D eigenvalue weighted by molar-refractivity contribution is 7.92.